The lowest BCUT2D eigenvalue weighted by Crippen LogP contribution is -2.09. The molecule has 0 aliphatic carbocycles. The number of hydrogen-bond acceptors (Lipinski definition) is 4. The largest absolute Gasteiger partial charge is 0.302 e. The van der Waals surface area contributed by atoms with Crippen LogP contribution in [0.25, 0.3) is 0 Å². The molecule has 1 heterocycles. The average Bonchev–Trinajstić information content (AvgIpc) is 2.55. The van der Waals surface area contributed by atoms with Crippen molar-refractivity contribution in [3.8, 4) is 0 Å². The van der Waals surface area contributed by atoms with Crippen LogP contribution >= 0.6 is 23.1 Å². The maximum Gasteiger partial charge on any atom is 0.186 e. The minimum atomic E-state index is -0.226. The molecule has 1 aromatic heterocycles. The molecule has 0 amide bonds. The Morgan fingerprint density at radius 3 is 3.00 bits per heavy atom. The van der Waals surface area contributed by atoms with Crippen molar-refractivity contribution >= 4 is 34.5 Å². The Kier molecular flexibility index (Phi) is 4.18. The van der Waals surface area contributed by atoms with Gasteiger partial charge in [0.05, 0.1) is 5.25 Å². The van der Waals surface area contributed by atoms with Crippen LogP contribution in [0.1, 0.15) is 11.8 Å². The van der Waals surface area contributed by atoms with Crippen molar-refractivity contribution in [2.75, 3.05) is 0 Å². The quantitative estimate of drug-likeness (QED) is 0.720. The molecule has 4 heteroatoms. The van der Waals surface area contributed by atoms with Crippen LogP contribution in [-0.2, 0) is 16.0 Å². The van der Waals surface area contributed by atoms with Gasteiger partial charge in [-0.05, 0) is 11.4 Å². The molecule has 13 heavy (non-hydrogen) atoms. The molecule has 0 saturated heterocycles. The molecule has 1 atom stereocenters. The Labute approximate surface area is 85.3 Å². The number of carbonyl (C=O) groups is 2. The Balaban J connectivity index is 2.49. The van der Waals surface area contributed by atoms with Gasteiger partial charge in [-0.25, -0.2) is 0 Å². The van der Waals surface area contributed by atoms with Crippen LogP contribution in [0, 0.1) is 0 Å². The van der Waals surface area contributed by atoms with Crippen LogP contribution in [0.4, 0.5) is 0 Å². The molecule has 0 aliphatic heterocycles. The van der Waals surface area contributed by atoms with Crippen molar-refractivity contribution in [1.82, 2.24) is 0 Å². The van der Waals surface area contributed by atoms with Crippen molar-refractivity contribution in [3.63, 3.8) is 0 Å². The number of thioether (sulfide) groups is 1. The summed E-state index contributed by atoms with van der Waals surface area (Å²) < 4.78 is 0. The van der Waals surface area contributed by atoms with Gasteiger partial charge in [0.2, 0.25) is 0 Å². The van der Waals surface area contributed by atoms with Crippen molar-refractivity contribution in [1.29, 1.82) is 0 Å². The number of rotatable bonds is 4. The van der Waals surface area contributed by atoms with Crippen molar-refractivity contribution in [2.24, 2.45) is 0 Å². The average molecular weight is 214 g/mol. The third-order valence-corrected chi connectivity index (χ3v) is 3.26. The molecule has 1 aromatic rings. The second kappa shape index (κ2) is 5.19. The highest BCUT2D eigenvalue weighted by Gasteiger charge is 2.11. The molecule has 0 bridgehead atoms. The van der Waals surface area contributed by atoms with Gasteiger partial charge in [-0.3, -0.25) is 4.79 Å². The summed E-state index contributed by atoms with van der Waals surface area (Å²) in [6, 6.07) is 3.92. The fraction of sp³-hybridized carbons (Fsp3) is 0.333. The molecule has 2 nitrogen and oxygen atoms in total. The normalized spacial score (nSPS) is 12.4. The summed E-state index contributed by atoms with van der Waals surface area (Å²) in [5, 5.41) is 1.74. The molecular weight excluding hydrogens is 204 g/mol. The van der Waals surface area contributed by atoms with E-state index in [0.29, 0.717) is 6.42 Å². The van der Waals surface area contributed by atoms with Crippen molar-refractivity contribution in [3.05, 3.63) is 22.4 Å². The van der Waals surface area contributed by atoms with Gasteiger partial charge in [0.15, 0.2) is 5.12 Å². The second-order valence-corrected chi connectivity index (χ2v) is 5.02. The second-order valence-electron chi connectivity index (χ2n) is 2.57. The summed E-state index contributed by atoms with van der Waals surface area (Å²) in [7, 11) is 0. The third-order valence-electron chi connectivity index (χ3n) is 1.45. The molecule has 1 unspecified atom stereocenters. The van der Waals surface area contributed by atoms with E-state index in [1.54, 1.807) is 11.3 Å². The topological polar surface area (TPSA) is 34.1 Å². The van der Waals surface area contributed by atoms with E-state index >= 15 is 0 Å². The molecule has 0 aromatic carbocycles. The molecule has 0 N–H and O–H groups in total. The van der Waals surface area contributed by atoms with Gasteiger partial charge in [-0.2, -0.15) is 0 Å². The van der Waals surface area contributed by atoms with Crippen LogP contribution in [0.2, 0.25) is 0 Å². The smallest absolute Gasteiger partial charge is 0.186 e. The van der Waals surface area contributed by atoms with E-state index in [0.717, 1.165) is 22.9 Å². The Bertz CT molecular complexity index is 280. The minimum Gasteiger partial charge on any atom is -0.302 e. The van der Waals surface area contributed by atoms with Gasteiger partial charge in [-0.15, -0.1) is 11.3 Å². The molecule has 0 spiro atoms. The first-order valence-electron chi connectivity index (χ1n) is 3.87. The lowest BCUT2D eigenvalue weighted by molar-refractivity contribution is -0.110. The zero-order valence-corrected chi connectivity index (χ0v) is 8.86. The molecule has 1 rings (SSSR count). The summed E-state index contributed by atoms with van der Waals surface area (Å²) in [6.07, 6.45) is 1.50. The summed E-state index contributed by atoms with van der Waals surface area (Å²) in [5.41, 5.74) is 0. The van der Waals surface area contributed by atoms with Crippen molar-refractivity contribution < 1.29 is 9.59 Å². The Morgan fingerprint density at radius 1 is 1.77 bits per heavy atom. The summed E-state index contributed by atoms with van der Waals surface area (Å²) in [5.74, 6) is 0. The summed E-state index contributed by atoms with van der Waals surface area (Å²) in [4.78, 5) is 22.5. The molecular formula is C9H10O2S2. The van der Waals surface area contributed by atoms with Crippen molar-refractivity contribution in [2.45, 2.75) is 18.6 Å². The standard InChI is InChI=1S/C9H10O2S2/c1-7(11)13-9(6-10)5-8-3-2-4-12-8/h2-4,6,9H,5H2,1H3. The maximum atomic E-state index is 10.7. The summed E-state index contributed by atoms with van der Waals surface area (Å²) >= 11 is 2.71. The first-order valence-corrected chi connectivity index (χ1v) is 5.63. The van der Waals surface area contributed by atoms with E-state index < -0.39 is 0 Å². The molecule has 70 valence electrons. The van der Waals surface area contributed by atoms with Crippen LogP contribution in [-0.4, -0.2) is 16.7 Å². The highest BCUT2D eigenvalue weighted by atomic mass is 32.2. The van der Waals surface area contributed by atoms with Crippen LogP contribution in [0.5, 0.6) is 0 Å². The van der Waals surface area contributed by atoms with E-state index in [4.69, 9.17) is 0 Å². The predicted molar refractivity (Wildman–Crippen MR) is 56.1 cm³/mol. The fourth-order valence-electron chi connectivity index (χ4n) is 0.958. The lowest BCUT2D eigenvalue weighted by atomic mass is 10.3. The van der Waals surface area contributed by atoms with Crippen LogP contribution in [0.15, 0.2) is 17.5 Å². The van der Waals surface area contributed by atoms with E-state index in [2.05, 4.69) is 0 Å². The van der Waals surface area contributed by atoms with Gasteiger partial charge >= 0.3 is 0 Å². The molecule has 0 saturated carbocycles. The van der Waals surface area contributed by atoms with E-state index in [-0.39, 0.29) is 10.4 Å². The van der Waals surface area contributed by atoms with Gasteiger partial charge in [0.25, 0.3) is 0 Å². The molecule has 0 aliphatic rings. The SMILES string of the molecule is CC(=O)SC(C=O)Cc1cccs1. The number of hydrogen-bond donors (Lipinski definition) is 0. The predicted octanol–water partition coefficient (Wildman–Crippen LogP) is 2.14. The van der Waals surface area contributed by atoms with E-state index in [1.807, 2.05) is 17.5 Å². The maximum absolute atomic E-state index is 10.7. The zero-order chi connectivity index (χ0) is 9.68. The zero-order valence-electron chi connectivity index (χ0n) is 7.23. The minimum absolute atomic E-state index is 0.00587. The number of thiophene rings is 1. The van der Waals surface area contributed by atoms with E-state index in [1.165, 1.54) is 6.92 Å². The van der Waals surface area contributed by atoms with Gasteiger partial charge in [0.1, 0.15) is 6.29 Å². The first-order chi connectivity index (χ1) is 6.22. The van der Waals surface area contributed by atoms with Gasteiger partial charge in [-0.1, -0.05) is 17.8 Å². The van der Waals surface area contributed by atoms with Gasteiger partial charge in [0, 0.05) is 18.2 Å². The van der Waals surface area contributed by atoms with Crippen LogP contribution in [0.3, 0.4) is 0 Å². The highest BCUT2D eigenvalue weighted by molar-refractivity contribution is 8.14. The van der Waals surface area contributed by atoms with E-state index in [9.17, 15) is 9.59 Å². The number of carbonyl (C=O) groups excluding carboxylic acids is 2. The van der Waals surface area contributed by atoms with Gasteiger partial charge < -0.3 is 4.79 Å². The lowest BCUT2D eigenvalue weighted by Gasteiger charge is -2.04. The molecule has 0 fully saturated rings. The van der Waals surface area contributed by atoms with Crippen LogP contribution < -0.4 is 0 Å². The molecule has 0 radical (unpaired) electrons. The summed E-state index contributed by atoms with van der Waals surface area (Å²) in [6.45, 7) is 1.48. The fourth-order valence-corrected chi connectivity index (χ4v) is 2.57. The Hall–Kier alpha value is -0.610. The third kappa shape index (κ3) is 3.74. The monoisotopic (exact) mass is 214 g/mol. The number of aldehydes is 1. The highest BCUT2D eigenvalue weighted by Crippen LogP contribution is 2.18. The Morgan fingerprint density at radius 2 is 2.54 bits per heavy atom. The first kappa shape index (κ1) is 10.5.